The first-order valence-corrected chi connectivity index (χ1v) is 9.89. The zero-order chi connectivity index (χ0) is 25.0. The van der Waals surface area contributed by atoms with Crippen LogP contribution in [0.3, 0.4) is 0 Å². The number of methoxy groups -OCH3 is 2. The van der Waals surface area contributed by atoms with Gasteiger partial charge >= 0.3 is 18.3 Å². The lowest BCUT2D eigenvalue weighted by Crippen LogP contribution is -2.32. The van der Waals surface area contributed by atoms with E-state index >= 15 is 0 Å². The lowest BCUT2D eigenvalue weighted by molar-refractivity contribution is 0.0692. The van der Waals surface area contributed by atoms with Crippen LogP contribution in [-0.2, 0) is 18.9 Å². The minimum absolute atomic E-state index is 0.0503. The number of carboxylic acids is 1. The van der Waals surface area contributed by atoms with Crippen LogP contribution in [-0.4, -0.2) is 47.7 Å². The molecule has 0 radical (unpaired) electrons. The van der Waals surface area contributed by atoms with Crippen molar-refractivity contribution in [1.82, 2.24) is 4.98 Å². The number of carbonyl (C=O) groups is 3. The summed E-state index contributed by atoms with van der Waals surface area (Å²) in [7, 11) is 2.29. The number of pyridine rings is 1. The summed E-state index contributed by atoms with van der Waals surface area (Å²) in [6.45, 7) is 3.26. The van der Waals surface area contributed by atoms with Crippen LogP contribution in [0.1, 0.15) is 35.7 Å². The second kappa shape index (κ2) is 9.94. The summed E-state index contributed by atoms with van der Waals surface area (Å²) in [6, 6.07) is 7.29. The molecule has 11 nitrogen and oxygen atoms in total. The monoisotopic (exact) mass is 470 g/mol. The Balaban J connectivity index is 2.29. The Morgan fingerprint density at radius 2 is 1.56 bits per heavy atom. The van der Waals surface area contributed by atoms with Crippen molar-refractivity contribution in [2.24, 2.45) is 0 Å². The summed E-state index contributed by atoms with van der Waals surface area (Å²) >= 11 is 0. The van der Waals surface area contributed by atoms with Crippen LogP contribution >= 0.6 is 0 Å². The average molecular weight is 470 g/mol. The van der Waals surface area contributed by atoms with Gasteiger partial charge in [0, 0.05) is 18.1 Å². The van der Waals surface area contributed by atoms with Gasteiger partial charge in [0.1, 0.15) is 28.7 Å². The largest absolute Gasteiger partial charge is 0.513 e. The molecule has 0 fully saturated rings. The van der Waals surface area contributed by atoms with E-state index in [0.29, 0.717) is 22.6 Å². The van der Waals surface area contributed by atoms with Gasteiger partial charge in [-0.05, 0) is 43.7 Å². The molecule has 0 unspecified atom stereocenters. The molecule has 3 rings (SSSR count). The Labute approximate surface area is 194 Å². The first-order valence-electron chi connectivity index (χ1n) is 9.89. The van der Waals surface area contributed by atoms with E-state index in [1.807, 2.05) is 0 Å². The van der Waals surface area contributed by atoms with Crippen LogP contribution in [0, 0.1) is 0 Å². The van der Waals surface area contributed by atoms with Crippen molar-refractivity contribution in [3.63, 3.8) is 0 Å². The van der Waals surface area contributed by atoms with Gasteiger partial charge < -0.3 is 34.1 Å². The molecular weight excluding hydrogens is 448 g/mol. The third-order valence-electron chi connectivity index (χ3n) is 5.11. The summed E-state index contributed by atoms with van der Waals surface area (Å²) in [5.74, 6) is -2.56. The molecule has 1 aliphatic rings. The van der Waals surface area contributed by atoms with Gasteiger partial charge in [0.2, 0.25) is 0 Å². The van der Waals surface area contributed by atoms with E-state index in [9.17, 15) is 24.6 Å². The third kappa shape index (κ3) is 4.63. The molecule has 34 heavy (non-hydrogen) atoms. The molecule has 0 aliphatic carbocycles. The van der Waals surface area contributed by atoms with Crippen molar-refractivity contribution < 1.29 is 43.5 Å². The number of carboxylic acid groups (broad SMARTS) is 1. The van der Waals surface area contributed by atoms with E-state index in [1.54, 1.807) is 32.2 Å². The van der Waals surface area contributed by atoms with E-state index in [2.05, 4.69) is 14.5 Å². The Morgan fingerprint density at radius 1 is 0.971 bits per heavy atom. The highest BCUT2D eigenvalue weighted by molar-refractivity contribution is 5.92. The van der Waals surface area contributed by atoms with E-state index in [1.165, 1.54) is 29.3 Å². The van der Waals surface area contributed by atoms with E-state index in [4.69, 9.17) is 9.47 Å². The third-order valence-corrected chi connectivity index (χ3v) is 5.11. The average Bonchev–Trinajstić information content (AvgIpc) is 2.83. The molecule has 0 saturated heterocycles. The SMILES string of the molecule is COC(=O)OC1=C(C)N(c2ccc(O)c(C(=O)O)c2)C(C)=C(OC(=O)OC)C1c1cccnc1. The van der Waals surface area contributed by atoms with Crippen molar-refractivity contribution in [2.75, 3.05) is 19.1 Å². The number of hydrogen-bond donors (Lipinski definition) is 2. The van der Waals surface area contributed by atoms with E-state index < -0.39 is 29.9 Å². The number of aromatic carboxylic acids is 1. The van der Waals surface area contributed by atoms with Crippen molar-refractivity contribution in [3.05, 3.63) is 76.8 Å². The van der Waals surface area contributed by atoms with Crippen molar-refractivity contribution in [3.8, 4) is 5.75 Å². The first-order chi connectivity index (χ1) is 16.2. The number of allylic oxidation sites excluding steroid dienone is 2. The fraction of sp³-hybridized carbons (Fsp3) is 0.217. The Kier molecular flexibility index (Phi) is 7.05. The van der Waals surface area contributed by atoms with Crippen LogP contribution < -0.4 is 4.90 Å². The quantitative estimate of drug-likeness (QED) is 0.609. The minimum atomic E-state index is -1.34. The number of carbonyl (C=O) groups excluding carboxylic acids is 2. The highest BCUT2D eigenvalue weighted by Gasteiger charge is 2.39. The maximum Gasteiger partial charge on any atom is 0.513 e. The van der Waals surface area contributed by atoms with Gasteiger partial charge in [-0.3, -0.25) is 4.98 Å². The number of ether oxygens (including phenoxy) is 4. The molecular formula is C23H22N2O9. The molecule has 178 valence electrons. The molecule has 2 aromatic rings. The van der Waals surface area contributed by atoms with Gasteiger partial charge in [0.15, 0.2) is 0 Å². The van der Waals surface area contributed by atoms with Gasteiger partial charge in [-0.15, -0.1) is 0 Å². The van der Waals surface area contributed by atoms with E-state index in [-0.39, 0.29) is 17.1 Å². The smallest absolute Gasteiger partial charge is 0.507 e. The highest BCUT2D eigenvalue weighted by atomic mass is 16.7. The number of aromatic nitrogens is 1. The number of rotatable bonds is 5. The molecule has 1 aromatic heterocycles. The molecule has 0 amide bonds. The number of anilines is 1. The zero-order valence-electron chi connectivity index (χ0n) is 18.8. The number of benzene rings is 1. The lowest BCUT2D eigenvalue weighted by atomic mass is 9.90. The molecule has 2 N–H and O–H groups in total. The zero-order valence-corrected chi connectivity index (χ0v) is 18.8. The number of aromatic hydroxyl groups is 1. The standard InChI is InChI=1S/C23H22N2O9/c1-12-19(33-22(29)31-3)18(14-6-5-9-24-11-14)20(34-23(30)32-4)13(2)25(12)15-7-8-17(26)16(10-15)21(27)28/h5-11,18,26H,1-4H3,(H,27,28). The summed E-state index contributed by atoms with van der Waals surface area (Å²) in [4.78, 5) is 41.5. The Morgan fingerprint density at radius 3 is 2.03 bits per heavy atom. The summed E-state index contributed by atoms with van der Waals surface area (Å²) in [6.07, 6.45) is 1.04. The van der Waals surface area contributed by atoms with Crippen molar-refractivity contribution in [1.29, 1.82) is 0 Å². The molecule has 2 heterocycles. The molecule has 0 atom stereocenters. The second-order valence-corrected chi connectivity index (χ2v) is 7.07. The molecule has 1 aliphatic heterocycles. The molecule has 1 aromatic carbocycles. The number of phenols is 1. The predicted octanol–water partition coefficient (Wildman–Crippen LogP) is 4.12. The first kappa shape index (κ1) is 24.1. The Bertz CT molecular complexity index is 1150. The molecule has 0 saturated carbocycles. The summed E-state index contributed by atoms with van der Waals surface area (Å²) in [5, 5.41) is 19.4. The van der Waals surface area contributed by atoms with Gasteiger partial charge in [-0.2, -0.15) is 0 Å². The summed E-state index contributed by atoms with van der Waals surface area (Å²) in [5.41, 5.74) is 1.23. The van der Waals surface area contributed by atoms with Crippen molar-refractivity contribution >= 4 is 24.0 Å². The van der Waals surface area contributed by atoms with Crippen LogP contribution in [0.25, 0.3) is 0 Å². The van der Waals surface area contributed by atoms with Crippen LogP contribution in [0.5, 0.6) is 5.75 Å². The number of hydrogen-bond acceptors (Lipinski definition) is 10. The van der Waals surface area contributed by atoms with Crippen LogP contribution in [0.2, 0.25) is 0 Å². The lowest BCUT2D eigenvalue weighted by Gasteiger charge is -2.37. The van der Waals surface area contributed by atoms with Gasteiger partial charge in [0.25, 0.3) is 0 Å². The predicted molar refractivity (Wildman–Crippen MR) is 117 cm³/mol. The fourth-order valence-electron chi connectivity index (χ4n) is 3.61. The van der Waals surface area contributed by atoms with Gasteiger partial charge in [-0.25, -0.2) is 14.4 Å². The highest BCUT2D eigenvalue weighted by Crippen LogP contribution is 2.45. The molecule has 0 spiro atoms. The fourth-order valence-corrected chi connectivity index (χ4v) is 3.61. The second-order valence-electron chi connectivity index (χ2n) is 7.07. The number of nitrogens with zero attached hydrogens (tertiary/aromatic N) is 2. The normalized spacial score (nSPS) is 14.1. The molecule has 0 bridgehead atoms. The van der Waals surface area contributed by atoms with Crippen LogP contribution in [0.4, 0.5) is 15.3 Å². The maximum absolute atomic E-state index is 12.1. The topological polar surface area (TPSA) is 145 Å². The van der Waals surface area contributed by atoms with E-state index in [0.717, 1.165) is 14.2 Å². The minimum Gasteiger partial charge on any atom is -0.507 e. The van der Waals surface area contributed by atoms with Gasteiger partial charge in [-0.1, -0.05) is 6.07 Å². The van der Waals surface area contributed by atoms with Crippen molar-refractivity contribution in [2.45, 2.75) is 19.8 Å². The van der Waals surface area contributed by atoms with Gasteiger partial charge in [0.05, 0.1) is 25.6 Å². The molecule has 11 heteroatoms. The Hall–Kier alpha value is -4.54. The van der Waals surface area contributed by atoms with Crippen LogP contribution in [0.15, 0.2) is 65.6 Å². The summed E-state index contributed by atoms with van der Waals surface area (Å²) < 4.78 is 20.3. The maximum atomic E-state index is 12.1.